The predicted octanol–water partition coefficient (Wildman–Crippen LogP) is 1.71. The molecule has 0 saturated carbocycles. The van der Waals surface area contributed by atoms with Gasteiger partial charge in [-0.15, -0.1) is 0 Å². The fourth-order valence-corrected chi connectivity index (χ4v) is 2.18. The molecule has 1 amide bonds. The molecule has 1 rings (SSSR count). The summed E-state index contributed by atoms with van der Waals surface area (Å²) in [6.07, 6.45) is 1.91. The number of carboxylic acids is 1. The van der Waals surface area contributed by atoms with E-state index < -0.39 is 5.97 Å². The topological polar surface area (TPSA) is 95.7 Å². The molecule has 1 atom stereocenters. The van der Waals surface area contributed by atoms with Crippen molar-refractivity contribution in [2.24, 2.45) is 0 Å². The van der Waals surface area contributed by atoms with Crippen LogP contribution in [0.1, 0.15) is 37.0 Å². The van der Waals surface area contributed by atoms with E-state index in [1.807, 2.05) is 6.92 Å². The molecule has 1 aromatic rings. The Morgan fingerprint density at radius 2 is 2.10 bits per heavy atom. The number of nitrogens with one attached hydrogen (secondary N) is 1. The van der Waals surface area contributed by atoms with Gasteiger partial charge in [-0.05, 0) is 31.5 Å². The second-order valence-electron chi connectivity index (χ2n) is 5.20. The quantitative estimate of drug-likeness (QED) is 0.665. The molecule has 0 fully saturated rings. The maximum Gasteiger partial charge on any atom is 0.337 e. The summed E-state index contributed by atoms with van der Waals surface area (Å²) in [5.74, 6) is -1.20. The molecule has 0 saturated heterocycles. The Hall–Kier alpha value is -2.24. The van der Waals surface area contributed by atoms with Crippen LogP contribution in [0.2, 0.25) is 0 Å². The molecule has 21 heavy (non-hydrogen) atoms. The van der Waals surface area contributed by atoms with E-state index in [1.165, 1.54) is 6.07 Å². The zero-order valence-electron chi connectivity index (χ0n) is 12.7. The van der Waals surface area contributed by atoms with Crippen LogP contribution in [0, 0.1) is 0 Å². The molecule has 0 aromatic heterocycles. The molecule has 0 aliphatic rings. The molecule has 1 aromatic carbocycles. The fraction of sp³-hybridized carbons (Fsp3) is 0.467. The predicted molar refractivity (Wildman–Crippen MR) is 83.6 cm³/mol. The minimum absolute atomic E-state index is 0.0897. The van der Waals surface area contributed by atoms with Crippen LogP contribution in [0.25, 0.3) is 0 Å². The van der Waals surface area contributed by atoms with Crippen LogP contribution in [-0.2, 0) is 4.79 Å². The van der Waals surface area contributed by atoms with Crippen molar-refractivity contribution in [1.82, 2.24) is 5.32 Å². The lowest BCUT2D eigenvalue weighted by Gasteiger charge is -2.22. The zero-order valence-corrected chi connectivity index (χ0v) is 12.7. The van der Waals surface area contributed by atoms with Gasteiger partial charge in [-0.25, -0.2) is 4.79 Å². The minimum Gasteiger partial charge on any atom is -0.478 e. The summed E-state index contributed by atoms with van der Waals surface area (Å²) in [6, 6.07) is 4.74. The first kappa shape index (κ1) is 16.8. The Labute approximate surface area is 124 Å². The van der Waals surface area contributed by atoms with E-state index in [4.69, 9.17) is 5.73 Å². The number of hydrogen-bond donors (Lipinski definition) is 3. The number of amides is 1. The second kappa shape index (κ2) is 7.52. The Morgan fingerprint density at radius 1 is 1.43 bits per heavy atom. The third-order valence-electron chi connectivity index (χ3n) is 3.17. The molecular formula is C15H23N3O3. The van der Waals surface area contributed by atoms with Crippen molar-refractivity contribution >= 4 is 23.3 Å². The van der Waals surface area contributed by atoms with Crippen molar-refractivity contribution in [2.75, 3.05) is 24.2 Å². The lowest BCUT2D eigenvalue weighted by atomic mass is 10.1. The largest absolute Gasteiger partial charge is 0.478 e. The van der Waals surface area contributed by atoms with Crippen molar-refractivity contribution in [2.45, 2.75) is 32.7 Å². The maximum absolute atomic E-state index is 11.9. The SMILES string of the molecule is CCCC(C)NC(=O)CN(C)c1ccc(N)cc1C(=O)O. The first-order valence-electron chi connectivity index (χ1n) is 6.98. The van der Waals surface area contributed by atoms with Gasteiger partial charge in [0.2, 0.25) is 5.91 Å². The monoisotopic (exact) mass is 293 g/mol. The van der Waals surface area contributed by atoms with E-state index in [0.29, 0.717) is 11.4 Å². The molecule has 0 aliphatic heterocycles. The number of carbonyl (C=O) groups is 2. The van der Waals surface area contributed by atoms with Gasteiger partial charge >= 0.3 is 5.97 Å². The van der Waals surface area contributed by atoms with Crippen LogP contribution in [-0.4, -0.2) is 36.6 Å². The van der Waals surface area contributed by atoms with Gasteiger partial charge in [0, 0.05) is 18.8 Å². The number of benzene rings is 1. The third kappa shape index (κ3) is 4.98. The standard InChI is InChI=1S/C15H23N3O3/c1-4-5-10(2)17-14(19)9-18(3)13-7-6-11(16)8-12(13)15(20)21/h6-8,10H,4-5,9,16H2,1-3H3,(H,17,19)(H,20,21). The molecule has 4 N–H and O–H groups in total. The van der Waals surface area contributed by atoms with Gasteiger partial charge in [-0.1, -0.05) is 13.3 Å². The van der Waals surface area contributed by atoms with E-state index >= 15 is 0 Å². The first-order valence-corrected chi connectivity index (χ1v) is 6.98. The number of carboxylic acid groups (broad SMARTS) is 1. The number of likely N-dealkylation sites (N-methyl/N-ethyl adjacent to an activating group) is 1. The molecule has 0 bridgehead atoms. The number of rotatable bonds is 7. The van der Waals surface area contributed by atoms with Gasteiger partial charge in [0.15, 0.2) is 0 Å². The molecule has 6 nitrogen and oxygen atoms in total. The maximum atomic E-state index is 11.9. The van der Waals surface area contributed by atoms with Gasteiger partial charge in [-0.2, -0.15) is 0 Å². The van der Waals surface area contributed by atoms with E-state index in [9.17, 15) is 14.7 Å². The van der Waals surface area contributed by atoms with Gasteiger partial charge in [0.05, 0.1) is 17.8 Å². The number of hydrogen-bond acceptors (Lipinski definition) is 4. The highest BCUT2D eigenvalue weighted by molar-refractivity contribution is 5.96. The smallest absolute Gasteiger partial charge is 0.337 e. The summed E-state index contributed by atoms with van der Waals surface area (Å²) in [5, 5.41) is 12.1. The van der Waals surface area contributed by atoms with Gasteiger partial charge in [0.25, 0.3) is 0 Å². The highest BCUT2D eigenvalue weighted by atomic mass is 16.4. The fourth-order valence-electron chi connectivity index (χ4n) is 2.18. The van der Waals surface area contributed by atoms with Crippen molar-refractivity contribution in [3.8, 4) is 0 Å². The summed E-state index contributed by atoms with van der Waals surface area (Å²) in [6.45, 7) is 4.10. The van der Waals surface area contributed by atoms with Crippen LogP contribution < -0.4 is 16.0 Å². The van der Waals surface area contributed by atoms with Crippen molar-refractivity contribution in [3.63, 3.8) is 0 Å². The number of aromatic carboxylic acids is 1. The van der Waals surface area contributed by atoms with Crippen LogP contribution in [0.4, 0.5) is 11.4 Å². The molecule has 116 valence electrons. The van der Waals surface area contributed by atoms with E-state index in [1.54, 1.807) is 24.1 Å². The van der Waals surface area contributed by atoms with Gasteiger partial charge in [-0.3, -0.25) is 4.79 Å². The third-order valence-corrected chi connectivity index (χ3v) is 3.17. The number of anilines is 2. The average molecular weight is 293 g/mol. The Kier molecular flexibility index (Phi) is 6.02. The molecular weight excluding hydrogens is 270 g/mol. The highest BCUT2D eigenvalue weighted by Gasteiger charge is 2.16. The number of nitrogen functional groups attached to an aromatic ring is 1. The summed E-state index contributed by atoms with van der Waals surface area (Å²) in [4.78, 5) is 24.8. The molecule has 0 aliphatic carbocycles. The average Bonchev–Trinajstić information content (AvgIpc) is 2.38. The highest BCUT2D eigenvalue weighted by Crippen LogP contribution is 2.22. The number of nitrogens with two attached hydrogens (primary N) is 1. The summed E-state index contributed by atoms with van der Waals surface area (Å²) in [7, 11) is 1.68. The normalized spacial score (nSPS) is 11.8. The minimum atomic E-state index is -1.07. The van der Waals surface area contributed by atoms with E-state index in [-0.39, 0.29) is 24.1 Å². The van der Waals surface area contributed by atoms with Crippen LogP contribution in [0.5, 0.6) is 0 Å². The van der Waals surface area contributed by atoms with Crippen molar-refractivity contribution in [1.29, 1.82) is 0 Å². The van der Waals surface area contributed by atoms with Gasteiger partial charge < -0.3 is 21.1 Å². The summed E-state index contributed by atoms with van der Waals surface area (Å²) in [5.41, 5.74) is 6.54. The van der Waals surface area contributed by atoms with E-state index in [0.717, 1.165) is 12.8 Å². The lowest BCUT2D eigenvalue weighted by molar-refractivity contribution is -0.120. The van der Waals surface area contributed by atoms with Gasteiger partial charge in [0.1, 0.15) is 0 Å². The van der Waals surface area contributed by atoms with Crippen LogP contribution >= 0.6 is 0 Å². The number of carbonyl (C=O) groups excluding carboxylic acids is 1. The van der Waals surface area contributed by atoms with Crippen molar-refractivity contribution < 1.29 is 14.7 Å². The lowest BCUT2D eigenvalue weighted by Crippen LogP contribution is -2.40. The van der Waals surface area contributed by atoms with E-state index in [2.05, 4.69) is 12.2 Å². The Morgan fingerprint density at radius 3 is 2.67 bits per heavy atom. The zero-order chi connectivity index (χ0) is 16.0. The summed E-state index contributed by atoms with van der Waals surface area (Å²) < 4.78 is 0. The molecule has 1 unspecified atom stereocenters. The Balaban J connectivity index is 2.78. The van der Waals surface area contributed by atoms with Crippen LogP contribution in [0.15, 0.2) is 18.2 Å². The molecule has 0 spiro atoms. The number of nitrogens with zero attached hydrogens (tertiary/aromatic N) is 1. The molecule has 0 radical (unpaired) electrons. The molecule has 0 heterocycles. The van der Waals surface area contributed by atoms with Crippen LogP contribution in [0.3, 0.4) is 0 Å². The summed E-state index contributed by atoms with van der Waals surface area (Å²) >= 11 is 0. The van der Waals surface area contributed by atoms with Crippen molar-refractivity contribution in [3.05, 3.63) is 23.8 Å². The Bertz CT molecular complexity index is 517. The molecule has 6 heteroatoms. The second-order valence-corrected chi connectivity index (χ2v) is 5.20. The first-order chi connectivity index (χ1) is 9.85.